The number of halogens is 1. The number of phenolic OH excluding ortho intramolecular Hbond substituents is 1. The zero-order valence-electron chi connectivity index (χ0n) is 31.8. The molecule has 2 aromatic heterocycles. The van der Waals surface area contributed by atoms with Crippen LogP contribution in [0.15, 0.2) is 84.1 Å². The van der Waals surface area contributed by atoms with E-state index in [4.69, 9.17) is 21.4 Å². The number of aromatic hydroxyl groups is 2. The van der Waals surface area contributed by atoms with Crippen LogP contribution in [0.2, 0.25) is 5.02 Å². The number of hydrogen-bond acceptors (Lipinski definition) is 10. The Hall–Kier alpha value is -6.25. The lowest BCUT2D eigenvalue weighted by Gasteiger charge is -2.49. The van der Waals surface area contributed by atoms with E-state index in [1.807, 2.05) is 31.2 Å². The molecule has 5 heterocycles. The summed E-state index contributed by atoms with van der Waals surface area (Å²) in [7, 11) is 1.69. The molecule has 3 fully saturated rings. The van der Waals surface area contributed by atoms with Crippen LogP contribution in [0.1, 0.15) is 41.3 Å². The van der Waals surface area contributed by atoms with Crippen molar-refractivity contribution in [3.05, 3.63) is 106 Å². The summed E-state index contributed by atoms with van der Waals surface area (Å²) in [5.74, 6) is -6.97. The van der Waals surface area contributed by atoms with E-state index in [1.165, 1.54) is 33.1 Å². The summed E-state index contributed by atoms with van der Waals surface area (Å²) in [6.45, 7) is 3.78. The molecule has 298 valence electrons. The van der Waals surface area contributed by atoms with Crippen molar-refractivity contribution in [2.75, 3.05) is 9.80 Å². The van der Waals surface area contributed by atoms with Crippen molar-refractivity contribution in [1.29, 1.82) is 0 Å². The van der Waals surface area contributed by atoms with Gasteiger partial charge in [0.15, 0.2) is 0 Å². The fourth-order valence-corrected chi connectivity index (χ4v) is 11.7. The number of anilines is 2. The van der Waals surface area contributed by atoms with Gasteiger partial charge in [0.05, 0.1) is 40.0 Å². The van der Waals surface area contributed by atoms with Crippen LogP contribution in [0.4, 0.5) is 11.5 Å². The summed E-state index contributed by atoms with van der Waals surface area (Å²) >= 11 is 7.86. The summed E-state index contributed by atoms with van der Waals surface area (Å²) in [5, 5.41) is 36.7. The number of benzene rings is 3. The molecule has 5 aliphatic rings. The molecular formula is C44H35ClN4O9S. The Labute approximate surface area is 345 Å². The second kappa shape index (κ2) is 12.9. The number of aromatic nitrogens is 2. The molecule has 3 N–H and O–H groups in total. The Morgan fingerprint density at radius 2 is 1.76 bits per heavy atom. The van der Waals surface area contributed by atoms with Crippen molar-refractivity contribution in [2.45, 2.75) is 33.1 Å². The topological polar surface area (TPSA) is 180 Å². The number of imide groups is 2. The lowest BCUT2D eigenvalue weighted by molar-refractivity contribution is -0.132. The molecule has 1 saturated carbocycles. The van der Waals surface area contributed by atoms with E-state index in [9.17, 15) is 29.7 Å². The van der Waals surface area contributed by atoms with Gasteiger partial charge in [-0.2, -0.15) is 5.10 Å². The summed E-state index contributed by atoms with van der Waals surface area (Å²) in [6, 6.07) is 15.8. The number of aromatic carboxylic acids is 1. The van der Waals surface area contributed by atoms with Gasteiger partial charge in [-0.15, -0.1) is 11.3 Å². The van der Waals surface area contributed by atoms with E-state index in [1.54, 1.807) is 38.4 Å². The highest BCUT2D eigenvalue weighted by Gasteiger charge is 2.68. The number of thiophene rings is 1. The van der Waals surface area contributed by atoms with Crippen LogP contribution in [0.25, 0.3) is 20.7 Å². The number of carbonyl (C=O) groups excluding carboxylic acids is 4. The van der Waals surface area contributed by atoms with E-state index in [0.717, 1.165) is 43.1 Å². The Bertz CT molecular complexity index is 2840. The fourth-order valence-electron chi connectivity index (χ4n) is 10.4. The normalized spacial score (nSPS) is 26.0. The predicted molar refractivity (Wildman–Crippen MR) is 217 cm³/mol. The fraction of sp³-hybridized carbons (Fsp3) is 0.273. The third-order valence-corrected chi connectivity index (χ3v) is 14.6. The number of aryl methyl sites for hydroxylation is 2. The molecule has 0 unspecified atom stereocenters. The van der Waals surface area contributed by atoms with Crippen LogP contribution in [-0.2, 0) is 32.6 Å². The van der Waals surface area contributed by atoms with Crippen LogP contribution in [0.3, 0.4) is 0 Å². The SMILES string of the molecule is Cc1c(-c2cc(N3C(=O)[C@@H]4C[C@@H]5C(=CC[C@@H]6C(=O)N(c7ccc(C(=O)O)c(O)c7)C(=O)[C@@H]65)[C@H](C5=COc6ccc(O)cc6C5)[C@]4(C)C3=O)n(C)n2)sc2ccc(Cl)cc12. The summed E-state index contributed by atoms with van der Waals surface area (Å²) in [4.78, 5) is 73.6. The zero-order valence-corrected chi connectivity index (χ0v) is 33.4. The first-order valence-corrected chi connectivity index (χ1v) is 20.3. The highest BCUT2D eigenvalue weighted by atomic mass is 35.5. The van der Waals surface area contributed by atoms with E-state index >= 15 is 9.59 Å². The molecule has 6 atom stereocenters. The second-order valence-corrected chi connectivity index (χ2v) is 17.7. The highest BCUT2D eigenvalue weighted by Crippen LogP contribution is 2.63. The summed E-state index contributed by atoms with van der Waals surface area (Å²) < 4.78 is 8.67. The van der Waals surface area contributed by atoms with Gasteiger partial charge in [-0.3, -0.25) is 23.9 Å². The molecule has 3 aliphatic heterocycles. The number of carboxylic acids is 1. The van der Waals surface area contributed by atoms with Crippen LogP contribution >= 0.6 is 22.9 Å². The number of amides is 4. The molecule has 3 aromatic carbocycles. The van der Waals surface area contributed by atoms with E-state index in [0.29, 0.717) is 33.4 Å². The number of carboxylic acid groups (broad SMARTS) is 1. The first kappa shape index (κ1) is 37.0. The summed E-state index contributed by atoms with van der Waals surface area (Å²) in [5.41, 5.74) is 1.99. The lowest BCUT2D eigenvalue weighted by Crippen LogP contribution is -2.51. The molecule has 0 spiro atoms. The van der Waals surface area contributed by atoms with Crippen LogP contribution in [0.5, 0.6) is 17.2 Å². The molecule has 2 saturated heterocycles. The monoisotopic (exact) mass is 830 g/mol. The van der Waals surface area contributed by atoms with E-state index in [2.05, 4.69) is 0 Å². The maximum Gasteiger partial charge on any atom is 0.339 e. The van der Waals surface area contributed by atoms with Gasteiger partial charge >= 0.3 is 5.97 Å². The van der Waals surface area contributed by atoms with Crippen molar-refractivity contribution in [1.82, 2.24) is 9.78 Å². The zero-order chi connectivity index (χ0) is 41.4. The Morgan fingerprint density at radius 3 is 2.53 bits per heavy atom. The number of nitrogens with zero attached hydrogens (tertiary/aromatic N) is 4. The maximum absolute atomic E-state index is 15.3. The van der Waals surface area contributed by atoms with Crippen molar-refractivity contribution in [2.24, 2.45) is 42.1 Å². The minimum atomic E-state index is -1.36. The Balaban J connectivity index is 1.07. The van der Waals surface area contributed by atoms with Crippen LogP contribution < -0.4 is 14.5 Å². The van der Waals surface area contributed by atoms with Gasteiger partial charge in [-0.05, 0) is 97.7 Å². The van der Waals surface area contributed by atoms with Crippen molar-refractivity contribution < 1.29 is 44.0 Å². The van der Waals surface area contributed by atoms with E-state index < -0.39 is 70.4 Å². The van der Waals surface area contributed by atoms with Gasteiger partial charge in [0.1, 0.15) is 34.3 Å². The molecule has 0 bridgehead atoms. The number of fused-ring (bicyclic) bond motifs is 6. The maximum atomic E-state index is 15.3. The van der Waals surface area contributed by atoms with Crippen LogP contribution in [0, 0.1) is 41.9 Å². The average Bonchev–Trinajstić information content (AvgIpc) is 3.87. The molecule has 10 rings (SSSR count). The number of allylic oxidation sites excluding steroid dienone is 3. The third kappa shape index (κ3) is 5.21. The third-order valence-electron chi connectivity index (χ3n) is 13.1. The predicted octanol–water partition coefficient (Wildman–Crippen LogP) is 7.16. The minimum Gasteiger partial charge on any atom is -0.508 e. The number of rotatable bonds is 5. The van der Waals surface area contributed by atoms with E-state index in [-0.39, 0.29) is 36.3 Å². The van der Waals surface area contributed by atoms with Crippen molar-refractivity contribution in [3.63, 3.8) is 0 Å². The number of hydrogen-bond donors (Lipinski definition) is 3. The number of ether oxygens (including phenoxy) is 1. The Kier molecular flexibility index (Phi) is 8.08. The van der Waals surface area contributed by atoms with Crippen molar-refractivity contribution >= 4 is 74.1 Å². The second-order valence-electron chi connectivity index (χ2n) is 16.2. The molecule has 15 heteroatoms. The minimum absolute atomic E-state index is 0.0396. The van der Waals surface area contributed by atoms with Crippen LogP contribution in [-0.4, -0.2) is 54.7 Å². The van der Waals surface area contributed by atoms with Gasteiger partial charge in [-0.1, -0.05) is 23.3 Å². The van der Waals surface area contributed by atoms with Gasteiger partial charge in [-0.25, -0.2) is 14.6 Å². The molecular weight excluding hydrogens is 796 g/mol. The quantitative estimate of drug-likeness (QED) is 0.122. The Morgan fingerprint density at radius 1 is 0.966 bits per heavy atom. The molecule has 13 nitrogen and oxygen atoms in total. The van der Waals surface area contributed by atoms with Gasteiger partial charge in [0.25, 0.3) is 0 Å². The standard InChI is InChI=1S/C44H35ClN4O9S/c1-19-28-14-22(45)4-11-34(28)59-38(19)31-17-35(47(3)46-31)49-40(53)30-16-29-25(37(44(30,2)43(49)57)21-12-20-13-24(50)6-10-33(20)58-18-21)8-9-27-36(29)41(54)48(39(27)52)23-5-7-26(42(55)56)32(51)15-23/h4-8,10-11,13-15,17-18,27,29-30,36-37,50-51H,9,12,16H2,1-3H3,(H,55,56)/t27-,29+,30-,36-,37-,44+/m0/s1. The molecule has 2 aliphatic carbocycles. The van der Waals surface area contributed by atoms with Gasteiger partial charge < -0.3 is 20.1 Å². The molecule has 4 amide bonds. The first-order chi connectivity index (χ1) is 28.2. The van der Waals surface area contributed by atoms with Crippen molar-refractivity contribution in [3.8, 4) is 27.8 Å². The van der Waals surface area contributed by atoms with Gasteiger partial charge in [0, 0.05) is 46.8 Å². The largest absolute Gasteiger partial charge is 0.508 e. The molecule has 0 radical (unpaired) electrons. The summed E-state index contributed by atoms with van der Waals surface area (Å²) in [6.07, 6.45) is 4.09. The highest BCUT2D eigenvalue weighted by molar-refractivity contribution is 7.22. The first-order valence-electron chi connectivity index (χ1n) is 19.1. The lowest BCUT2D eigenvalue weighted by atomic mass is 9.51. The van der Waals surface area contributed by atoms with Gasteiger partial charge in [0.2, 0.25) is 23.6 Å². The average molecular weight is 831 g/mol. The smallest absolute Gasteiger partial charge is 0.339 e. The number of phenols is 2. The molecule has 59 heavy (non-hydrogen) atoms. The molecule has 5 aromatic rings. The number of carbonyl (C=O) groups is 5.